The second-order valence-electron chi connectivity index (χ2n) is 9.16. The molecule has 208 valence electrons. The molecule has 0 saturated heterocycles. The van der Waals surface area contributed by atoms with Crippen LogP contribution in [0.2, 0.25) is 0 Å². The number of thioether (sulfide) groups is 1. The number of hydrogen-bond acceptors (Lipinski definition) is 9. The molecule has 0 radical (unpaired) electrons. The summed E-state index contributed by atoms with van der Waals surface area (Å²) in [4.78, 5) is 39.4. The molecule has 1 amide bonds. The van der Waals surface area contributed by atoms with Crippen molar-refractivity contribution < 1.29 is 23.9 Å². The predicted molar refractivity (Wildman–Crippen MR) is 155 cm³/mol. The third-order valence-corrected chi connectivity index (χ3v) is 9.44. The molecule has 2 rings (SSSR count). The summed E-state index contributed by atoms with van der Waals surface area (Å²) in [7, 11) is 4.58. The highest BCUT2D eigenvalue weighted by molar-refractivity contribution is 8.76. The number of amides is 1. The van der Waals surface area contributed by atoms with Gasteiger partial charge < -0.3 is 20.1 Å². The third kappa shape index (κ3) is 10.7. The molecule has 1 aliphatic carbocycles. The Bertz CT molecular complexity index is 824. The summed E-state index contributed by atoms with van der Waals surface area (Å²) >= 11 is 1.84. The molecular formula is C27H42N2O5S3. The molecule has 1 fully saturated rings. The monoisotopic (exact) mass is 570 g/mol. The van der Waals surface area contributed by atoms with Gasteiger partial charge in [-0.1, -0.05) is 78.1 Å². The van der Waals surface area contributed by atoms with E-state index in [1.165, 1.54) is 7.11 Å². The second-order valence-corrected chi connectivity index (χ2v) is 12.7. The summed E-state index contributed by atoms with van der Waals surface area (Å²) in [6.45, 7) is 2.64. The molecule has 10 heteroatoms. The fourth-order valence-electron chi connectivity index (χ4n) is 4.42. The first-order valence-corrected chi connectivity index (χ1v) is 16.9. The topological polar surface area (TPSA) is 93.7 Å². The number of rotatable bonds is 17. The predicted octanol–water partition coefficient (Wildman–Crippen LogP) is 5.05. The second kappa shape index (κ2) is 18.0. The summed E-state index contributed by atoms with van der Waals surface area (Å²) in [6, 6.07) is 9.85. The molecule has 2 unspecified atom stereocenters. The lowest BCUT2D eigenvalue weighted by atomic mass is 9.80. The van der Waals surface area contributed by atoms with Crippen LogP contribution in [0.25, 0.3) is 0 Å². The van der Waals surface area contributed by atoms with Crippen LogP contribution in [0.4, 0.5) is 0 Å². The first-order valence-electron chi connectivity index (χ1n) is 13.1. The van der Waals surface area contributed by atoms with Crippen molar-refractivity contribution in [2.45, 2.75) is 64.0 Å². The molecule has 2 atom stereocenters. The SMILES string of the molecule is CCC(=O)OC(NC(=O)C(CSSCNCCCSC)Cc1ccccc1)(C(=O)OC)C1CCCCC1. The molecule has 1 aromatic rings. The zero-order chi connectivity index (χ0) is 26.9. The number of benzene rings is 1. The minimum absolute atomic E-state index is 0.102. The first kappa shape index (κ1) is 31.9. The highest BCUT2D eigenvalue weighted by atomic mass is 33.1. The van der Waals surface area contributed by atoms with Crippen molar-refractivity contribution in [2.75, 3.05) is 37.3 Å². The molecular weight excluding hydrogens is 529 g/mol. The van der Waals surface area contributed by atoms with E-state index in [9.17, 15) is 14.4 Å². The van der Waals surface area contributed by atoms with Gasteiger partial charge in [-0.05, 0) is 49.8 Å². The van der Waals surface area contributed by atoms with Gasteiger partial charge in [-0.15, -0.1) is 0 Å². The van der Waals surface area contributed by atoms with Gasteiger partial charge in [-0.25, -0.2) is 4.79 Å². The van der Waals surface area contributed by atoms with Crippen molar-refractivity contribution in [3.05, 3.63) is 35.9 Å². The van der Waals surface area contributed by atoms with Crippen molar-refractivity contribution in [2.24, 2.45) is 11.8 Å². The van der Waals surface area contributed by atoms with E-state index in [0.717, 1.165) is 49.4 Å². The van der Waals surface area contributed by atoms with Gasteiger partial charge >= 0.3 is 11.9 Å². The summed E-state index contributed by atoms with van der Waals surface area (Å²) in [5.74, 6) is 0.197. The van der Waals surface area contributed by atoms with Crippen molar-refractivity contribution in [3.63, 3.8) is 0 Å². The first-order chi connectivity index (χ1) is 18.0. The van der Waals surface area contributed by atoms with E-state index in [1.807, 2.05) is 42.1 Å². The Hall–Kier alpha value is -1.36. The number of carbonyl (C=O) groups excluding carboxylic acids is 3. The molecule has 0 aromatic heterocycles. The minimum atomic E-state index is -1.80. The largest absolute Gasteiger partial charge is 0.465 e. The molecule has 0 spiro atoms. The van der Waals surface area contributed by atoms with Gasteiger partial charge in [-0.3, -0.25) is 9.59 Å². The van der Waals surface area contributed by atoms with E-state index in [2.05, 4.69) is 16.9 Å². The normalized spacial score (nSPS) is 16.4. The Morgan fingerprint density at radius 3 is 2.49 bits per heavy atom. The number of carbonyl (C=O) groups is 3. The summed E-state index contributed by atoms with van der Waals surface area (Å²) in [5.41, 5.74) is -0.763. The van der Waals surface area contributed by atoms with Crippen LogP contribution in [0.1, 0.15) is 57.4 Å². The van der Waals surface area contributed by atoms with Crippen LogP contribution in [0.15, 0.2) is 30.3 Å². The van der Waals surface area contributed by atoms with Crippen LogP contribution in [0.5, 0.6) is 0 Å². The number of esters is 2. The highest BCUT2D eigenvalue weighted by Crippen LogP contribution is 2.36. The highest BCUT2D eigenvalue weighted by Gasteiger charge is 2.52. The van der Waals surface area contributed by atoms with Crippen molar-refractivity contribution in [3.8, 4) is 0 Å². The fraction of sp³-hybridized carbons (Fsp3) is 0.667. The average molecular weight is 571 g/mol. The van der Waals surface area contributed by atoms with Crippen LogP contribution in [-0.2, 0) is 30.3 Å². The van der Waals surface area contributed by atoms with Gasteiger partial charge in [0, 0.05) is 18.1 Å². The lowest BCUT2D eigenvalue weighted by Gasteiger charge is -2.40. The summed E-state index contributed by atoms with van der Waals surface area (Å²) in [5, 5.41) is 6.33. The van der Waals surface area contributed by atoms with Crippen molar-refractivity contribution in [1.82, 2.24) is 10.6 Å². The van der Waals surface area contributed by atoms with Gasteiger partial charge in [0.15, 0.2) is 0 Å². The standard InChI is InChI=1S/C27H42N2O5S3/c1-4-24(30)34-27(26(32)33-2,23-14-9-6-10-15-23)29-25(31)22(18-21-12-7-5-8-13-21)19-36-37-20-28-16-11-17-35-3/h5,7-8,12-13,22-23,28H,4,6,9-11,14-20H2,1-3H3,(H,29,31). The molecule has 1 aromatic carbocycles. The molecule has 2 N–H and O–H groups in total. The van der Waals surface area contributed by atoms with E-state index < -0.39 is 23.6 Å². The maximum Gasteiger partial charge on any atom is 0.372 e. The summed E-state index contributed by atoms with van der Waals surface area (Å²) in [6.07, 6.45) is 8.09. The van der Waals surface area contributed by atoms with Gasteiger partial charge in [0.05, 0.1) is 18.9 Å². The number of hydrogen-bond donors (Lipinski definition) is 2. The molecule has 7 nitrogen and oxygen atoms in total. The Morgan fingerprint density at radius 1 is 1.11 bits per heavy atom. The molecule has 37 heavy (non-hydrogen) atoms. The van der Waals surface area contributed by atoms with E-state index in [0.29, 0.717) is 25.0 Å². The molecule has 0 heterocycles. The molecule has 0 aliphatic heterocycles. The molecule has 1 saturated carbocycles. The summed E-state index contributed by atoms with van der Waals surface area (Å²) < 4.78 is 10.9. The maximum absolute atomic E-state index is 13.8. The number of nitrogens with one attached hydrogen (secondary N) is 2. The maximum atomic E-state index is 13.8. The Labute approximate surface area is 234 Å². The van der Waals surface area contributed by atoms with Gasteiger partial charge in [0.25, 0.3) is 5.72 Å². The van der Waals surface area contributed by atoms with E-state index in [1.54, 1.807) is 28.5 Å². The minimum Gasteiger partial charge on any atom is -0.465 e. The zero-order valence-corrected chi connectivity index (χ0v) is 24.7. The Morgan fingerprint density at radius 2 is 1.84 bits per heavy atom. The van der Waals surface area contributed by atoms with Gasteiger partial charge in [0.2, 0.25) is 5.91 Å². The smallest absolute Gasteiger partial charge is 0.372 e. The number of methoxy groups -OCH3 is 1. The molecule has 0 bridgehead atoms. The van der Waals surface area contributed by atoms with E-state index in [-0.39, 0.29) is 18.2 Å². The van der Waals surface area contributed by atoms with Crippen LogP contribution < -0.4 is 10.6 Å². The average Bonchev–Trinajstić information content (AvgIpc) is 2.93. The number of ether oxygens (including phenoxy) is 2. The third-order valence-electron chi connectivity index (χ3n) is 6.45. The lowest BCUT2D eigenvalue weighted by molar-refractivity contribution is -0.197. The van der Waals surface area contributed by atoms with Crippen LogP contribution in [0.3, 0.4) is 0 Å². The van der Waals surface area contributed by atoms with Gasteiger partial charge in [0.1, 0.15) is 0 Å². The zero-order valence-electron chi connectivity index (χ0n) is 22.3. The van der Waals surface area contributed by atoms with E-state index >= 15 is 0 Å². The lowest BCUT2D eigenvalue weighted by Crippen LogP contribution is -2.64. The quantitative estimate of drug-likeness (QED) is 0.116. The van der Waals surface area contributed by atoms with E-state index in [4.69, 9.17) is 9.47 Å². The van der Waals surface area contributed by atoms with Crippen molar-refractivity contribution in [1.29, 1.82) is 0 Å². The van der Waals surface area contributed by atoms with Crippen molar-refractivity contribution >= 4 is 51.2 Å². The van der Waals surface area contributed by atoms with Crippen LogP contribution in [-0.4, -0.2) is 60.9 Å². The molecule has 1 aliphatic rings. The van der Waals surface area contributed by atoms with Gasteiger partial charge in [-0.2, -0.15) is 11.8 Å². The fourth-order valence-corrected chi connectivity index (χ4v) is 6.98. The Kier molecular flexibility index (Phi) is 15.5. The van der Waals surface area contributed by atoms with Crippen LogP contribution >= 0.6 is 33.3 Å². The van der Waals surface area contributed by atoms with Crippen LogP contribution in [0, 0.1) is 11.8 Å². The Balaban J connectivity index is 2.18.